The molecule has 0 saturated heterocycles. The number of aryl methyl sites for hydroxylation is 1. The number of halogens is 1. The van der Waals surface area contributed by atoms with E-state index in [1.165, 1.54) is 12.3 Å². The number of hydrogen-bond acceptors (Lipinski definition) is 3. The summed E-state index contributed by atoms with van der Waals surface area (Å²) in [7, 11) is 0. The third-order valence-corrected chi connectivity index (χ3v) is 5.29. The van der Waals surface area contributed by atoms with Crippen molar-refractivity contribution in [3.63, 3.8) is 0 Å². The average Bonchev–Trinajstić information content (AvgIpc) is 2.70. The Hall–Kier alpha value is -3.74. The summed E-state index contributed by atoms with van der Waals surface area (Å²) < 4.78 is 15.5. The smallest absolute Gasteiger partial charge is 0.255 e. The van der Waals surface area contributed by atoms with Crippen LogP contribution in [0.5, 0.6) is 0 Å². The molecule has 0 radical (unpaired) electrons. The fourth-order valence-electron chi connectivity index (χ4n) is 3.47. The van der Waals surface area contributed by atoms with Gasteiger partial charge in [-0.25, -0.2) is 4.39 Å². The number of fused-ring (bicyclic) bond motifs is 2. The number of rotatable bonds is 3. The predicted molar refractivity (Wildman–Crippen MR) is 113 cm³/mol. The van der Waals surface area contributed by atoms with Gasteiger partial charge in [-0.05, 0) is 44.2 Å². The van der Waals surface area contributed by atoms with Gasteiger partial charge in [0.15, 0.2) is 17.3 Å². The Morgan fingerprint density at radius 2 is 1.83 bits per heavy atom. The van der Waals surface area contributed by atoms with Gasteiger partial charge in [0.25, 0.3) is 5.91 Å². The highest BCUT2D eigenvalue weighted by Crippen LogP contribution is 2.22. The molecule has 6 nitrogen and oxygen atoms in total. The van der Waals surface area contributed by atoms with Crippen molar-refractivity contribution in [2.24, 2.45) is 0 Å². The standard InChI is InChI=1S/C23H20FN3O3/c1-13-8-9-14(12-27(13)30)23(2,3)26-22(29)16-11-20-17(10-18(16)24)21(28)15-6-4-5-7-19(15)25-20/h4-12H,1-3H3,(H,25,28)(H,26,29). The SMILES string of the molecule is Cc1ccc(C(C)(C)NC(=O)c2cc3[nH]c4ccccc4c(=O)c3cc2F)c[n+]1[O-]. The average molecular weight is 405 g/mol. The fourth-order valence-corrected chi connectivity index (χ4v) is 3.47. The molecule has 0 aliphatic rings. The molecule has 0 aliphatic carbocycles. The van der Waals surface area contributed by atoms with Gasteiger partial charge in [-0.3, -0.25) is 9.59 Å². The normalized spacial score (nSPS) is 11.7. The number of aromatic nitrogens is 2. The van der Waals surface area contributed by atoms with Crippen LogP contribution in [0.15, 0.2) is 59.5 Å². The van der Waals surface area contributed by atoms with Crippen LogP contribution in [-0.2, 0) is 5.54 Å². The van der Waals surface area contributed by atoms with E-state index in [1.54, 1.807) is 57.2 Å². The number of pyridine rings is 2. The maximum Gasteiger partial charge on any atom is 0.255 e. The Labute approximate surface area is 171 Å². The molecule has 2 N–H and O–H groups in total. The molecule has 0 bridgehead atoms. The van der Waals surface area contributed by atoms with Crippen molar-refractivity contribution in [1.29, 1.82) is 0 Å². The van der Waals surface area contributed by atoms with Gasteiger partial charge >= 0.3 is 0 Å². The first-order valence-corrected chi connectivity index (χ1v) is 9.44. The highest BCUT2D eigenvalue weighted by molar-refractivity contribution is 6.00. The van der Waals surface area contributed by atoms with Gasteiger partial charge in [0, 0.05) is 34.8 Å². The molecule has 1 amide bonds. The number of H-pyrrole nitrogens is 1. The highest BCUT2D eigenvalue weighted by atomic mass is 19.1. The van der Waals surface area contributed by atoms with Crippen LogP contribution in [0.4, 0.5) is 4.39 Å². The van der Waals surface area contributed by atoms with Crippen molar-refractivity contribution in [3.8, 4) is 0 Å². The van der Waals surface area contributed by atoms with E-state index in [-0.39, 0.29) is 16.4 Å². The Kier molecular flexibility index (Phi) is 4.53. The zero-order valence-corrected chi connectivity index (χ0v) is 16.7. The van der Waals surface area contributed by atoms with Gasteiger partial charge in [0.05, 0.1) is 16.6 Å². The minimum absolute atomic E-state index is 0.174. The quantitative estimate of drug-likeness (QED) is 0.311. The van der Waals surface area contributed by atoms with E-state index in [4.69, 9.17) is 0 Å². The Bertz CT molecular complexity index is 1380. The largest absolute Gasteiger partial charge is 0.618 e. The molecule has 2 aromatic heterocycles. The molecule has 0 atom stereocenters. The van der Waals surface area contributed by atoms with E-state index in [9.17, 15) is 19.2 Å². The third-order valence-electron chi connectivity index (χ3n) is 5.29. The van der Waals surface area contributed by atoms with Gasteiger partial charge in [-0.2, -0.15) is 4.73 Å². The van der Waals surface area contributed by atoms with E-state index in [2.05, 4.69) is 10.3 Å². The lowest BCUT2D eigenvalue weighted by atomic mass is 9.95. The molecule has 4 rings (SSSR count). The van der Waals surface area contributed by atoms with Crippen molar-refractivity contribution in [2.75, 3.05) is 0 Å². The van der Waals surface area contributed by atoms with Crippen LogP contribution in [0.2, 0.25) is 0 Å². The Balaban J connectivity index is 1.75. The first-order chi connectivity index (χ1) is 14.2. The zero-order chi connectivity index (χ0) is 21.6. The van der Waals surface area contributed by atoms with Crippen LogP contribution in [0.1, 0.15) is 35.5 Å². The van der Waals surface area contributed by atoms with Crippen molar-refractivity contribution in [3.05, 3.63) is 92.8 Å². The first kappa shape index (κ1) is 19.6. The summed E-state index contributed by atoms with van der Waals surface area (Å²) in [6.45, 7) is 5.13. The fraction of sp³-hybridized carbons (Fsp3) is 0.174. The van der Waals surface area contributed by atoms with Crippen molar-refractivity contribution < 1.29 is 13.9 Å². The van der Waals surface area contributed by atoms with Crippen molar-refractivity contribution in [2.45, 2.75) is 26.3 Å². The predicted octanol–water partition coefficient (Wildman–Crippen LogP) is 3.43. The molecule has 7 heteroatoms. The van der Waals surface area contributed by atoms with Gasteiger partial charge in [0.2, 0.25) is 0 Å². The number of nitrogens with zero attached hydrogens (tertiary/aromatic N) is 1. The number of nitrogens with one attached hydrogen (secondary N) is 2. The molecule has 0 spiro atoms. The van der Waals surface area contributed by atoms with Crippen LogP contribution >= 0.6 is 0 Å². The number of carbonyl (C=O) groups is 1. The number of hydrogen-bond donors (Lipinski definition) is 2. The second-order valence-electron chi connectivity index (χ2n) is 7.84. The summed E-state index contributed by atoms with van der Waals surface area (Å²) in [6.07, 6.45) is 1.38. The monoisotopic (exact) mass is 405 g/mol. The van der Waals surface area contributed by atoms with E-state index >= 15 is 0 Å². The number of carbonyl (C=O) groups excluding carboxylic acids is 1. The molecule has 2 heterocycles. The maximum atomic E-state index is 14.8. The maximum absolute atomic E-state index is 14.8. The summed E-state index contributed by atoms with van der Waals surface area (Å²) in [5.41, 5.74) is 0.669. The second kappa shape index (κ2) is 6.95. The summed E-state index contributed by atoms with van der Waals surface area (Å²) >= 11 is 0. The lowest BCUT2D eigenvalue weighted by molar-refractivity contribution is -0.613. The molecule has 2 aromatic carbocycles. The van der Waals surface area contributed by atoms with E-state index in [1.807, 2.05) is 0 Å². The summed E-state index contributed by atoms with van der Waals surface area (Å²) in [4.78, 5) is 28.6. The molecule has 4 aromatic rings. The minimum atomic E-state index is -0.921. The third kappa shape index (κ3) is 3.28. The van der Waals surface area contributed by atoms with Crippen LogP contribution in [0.25, 0.3) is 21.8 Å². The summed E-state index contributed by atoms with van der Waals surface area (Å²) in [5.74, 6) is -1.44. The van der Waals surface area contributed by atoms with Crippen LogP contribution in [0, 0.1) is 17.9 Å². The molecule has 152 valence electrons. The van der Waals surface area contributed by atoms with Gasteiger partial charge in [-0.1, -0.05) is 12.1 Å². The number of benzene rings is 2. The van der Waals surface area contributed by atoms with E-state index in [0.717, 1.165) is 10.8 Å². The lowest BCUT2D eigenvalue weighted by Crippen LogP contribution is -2.43. The first-order valence-electron chi connectivity index (χ1n) is 9.44. The molecular weight excluding hydrogens is 385 g/mol. The van der Waals surface area contributed by atoms with Gasteiger partial charge in [0.1, 0.15) is 5.82 Å². The van der Waals surface area contributed by atoms with Crippen LogP contribution in [0.3, 0.4) is 0 Å². The second-order valence-corrected chi connectivity index (χ2v) is 7.84. The van der Waals surface area contributed by atoms with Crippen molar-refractivity contribution >= 4 is 27.7 Å². The van der Waals surface area contributed by atoms with Gasteiger partial charge in [-0.15, -0.1) is 0 Å². The molecular formula is C23H20FN3O3. The highest BCUT2D eigenvalue weighted by Gasteiger charge is 2.27. The number of para-hydroxylation sites is 1. The Morgan fingerprint density at radius 3 is 2.57 bits per heavy atom. The van der Waals surface area contributed by atoms with E-state index in [0.29, 0.717) is 27.7 Å². The van der Waals surface area contributed by atoms with Crippen LogP contribution in [-0.4, -0.2) is 10.9 Å². The van der Waals surface area contributed by atoms with Crippen molar-refractivity contribution in [1.82, 2.24) is 10.3 Å². The van der Waals surface area contributed by atoms with E-state index < -0.39 is 17.3 Å². The number of amides is 1. The minimum Gasteiger partial charge on any atom is -0.618 e. The molecule has 0 unspecified atom stereocenters. The van der Waals surface area contributed by atoms with Gasteiger partial charge < -0.3 is 15.5 Å². The van der Waals surface area contributed by atoms with Crippen LogP contribution < -0.4 is 15.5 Å². The summed E-state index contributed by atoms with van der Waals surface area (Å²) in [5, 5.41) is 15.3. The molecule has 0 saturated carbocycles. The Morgan fingerprint density at radius 1 is 1.10 bits per heavy atom. The topological polar surface area (TPSA) is 88.9 Å². The lowest BCUT2D eigenvalue weighted by Gasteiger charge is -2.26. The number of aromatic amines is 1. The molecule has 0 fully saturated rings. The molecule has 0 aliphatic heterocycles. The zero-order valence-electron chi connectivity index (χ0n) is 16.7. The molecule has 30 heavy (non-hydrogen) atoms. The summed E-state index contributed by atoms with van der Waals surface area (Å²) in [6, 6.07) is 12.8.